The van der Waals surface area contributed by atoms with Gasteiger partial charge in [0, 0.05) is 47.0 Å². The summed E-state index contributed by atoms with van der Waals surface area (Å²) in [7, 11) is 1.60. The van der Waals surface area contributed by atoms with Crippen LogP contribution < -0.4 is 10.1 Å². The zero-order chi connectivity index (χ0) is 23.5. The van der Waals surface area contributed by atoms with E-state index in [1.807, 2.05) is 42.5 Å². The lowest BCUT2D eigenvalue weighted by Gasteiger charge is -2.22. The van der Waals surface area contributed by atoms with E-state index in [1.165, 1.54) is 5.01 Å². The molecule has 0 bridgehead atoms. The molecule has 1 unspecified atom stereocenters. The molecule has 9 nitrogen and oxygen atoms in total. The molecule has 4 aromatic rings. The first-order chi connectivity index (χ1) is 16.6. The number of hydrogen-bond acceptors (Lipinski definition) is 8. The average molecular weight is 473 g/mol. The molecule has 0 saturated heterocycles. The maximum atomic E-state index is 13.4. The summed E-state index contributed by atoms with van der Waals surface area (Å²) in [5.74, 6) is 0.823. The van der Waals surface area contributed by atoms with Crippen molar-refractivity contribution in [3.63, 3.8) is 0 Å². The van der Waals surface area contributed by atoms with E-state index in [1.54, 1.807) is 37.7 Å². The van der Waals surface area contributed by atoms with E-state index in [-0.39, 0.29) is 5.75 Å². The number of ether oxygens (including phenoxy) is 1. The van der Waals surface area contributed by atoms with Crippen molar-refractivity contribution in [2.45, 2.75) is 12.5 Å². The molecule has 3 heterocycles. The Hall–Kier alpha value is -4.31. The second-order valence-electron chi connectivity index (χ2n) is 7.52. The van der Waals surface area contributed by atoms with Gasteiger partial charge in [-0.05, 0) is 36.4 Å². The number of aromatic hydroxyl groups is 1. The SMILES string of the molecule is COc1ccc(-c2nnsc2NC(=O)N2N=C(c3cccnc3)CC2c2ccccc2O)cc1. The normalized spacial score (nSPS) is 15.1. The van der Waals surface area contributed by atoms with Crippen LogP contribution in [0.5, 0.6) is 11.5 Å². The summed E-state index contributed by atoms with van der Waals surface area (Å²) in [6.45, 7) is 0. The van der Waals surface area contributed by atoms with Gasteiger partial charge in [-0.2, -0.15) is 5.10 Å². The van der Waals surface area contributed by atoms with Crippen molar-refractivity contribution in [3.8, 4) is 22.8 Å². The third kappa shape index (κ3) is 4.18. The molecule has 5 rings (SSSR count). The Morgan fingerprint density at radius 1 is 1.12 bits per heavy atom. The fourth-order valence-electron chi connectivity index (χ4n) is 3.78. The number of amides is 2. The van der Waals surface area contributed by atoms with Gasteiger partial charge < -0.3 is 9.84 Å². The van der Waals surface area contributed by atoms with E-state index < -0.39 is 12.1 Å². The average Bonchev–Trinajstić information content (AvgIpc) is 3.52. The van der Waals surface area contributed by atoms with E-state index in [0.717, 1.165) is 28.4 Å². The van der Waals surface area contributed by atoms with Crippen LogP contribution in [0, 0.1) is 0 Å². The van der Waals surface area contributed by atoms with Gasteiger partial charge in [-0.25, -0.2) is 9.80 Å². The number of methoxy groups -OCH3 is 1. The van der Waals surface area contributed by atoms with Crippen LogP contribution in [-0.4, -0.2) is 43.5 Å². The molecular formula is C24H20N6O3S. The van der Waals surface area contributed by atoms with Crippen LogP contribution in [0.1, 0.15) is 23.6 Å². The second kappa shape index (κ2) is 9.28. The molecule has 2 N–H and O–H groups in total. The number of nitrogens with one attached hydrogen (secondary N) is 1. The number of anilines is 1. The van der Waals surface area contributed by atoms with Crippen molar-refractivity contribution in [2.75, 3.05) is 12.4 Å². The van der Waals surface area contributed by atoms with Crippen LogP contribution in [0.15, 0.2) is 78.2 Å². The fraction of sp³-hybridized carbons (Fsp3) is 0.125. The van der Waals surface area contributed by atoms with Gasteiger partial charge in [0.1, 0.15) is 22.2 Å². The standard InChI is InChI=1S/C24H20N6O3S/c1-33-17-10-8-15(9-11-17)22-23(34-29-27-22)26-24(32)30-20(18-6-2-3-7-21(18)31)13-19(28-30)16-5-4-12-25-14-16/h2-12,14,20,31H,13H2,1H3,(H,26,32). The number of urea groups is 1. The highest BCUT2D eigenvalue weighted by Crippen LogP contribution is 2.38. The van der Waals surface area contributed by atoms with Crippen molar-refractivity contribution in [2.24, 2.45) is 5.10 Å². The molecule has 0 radical (unpaired) electrons. The first-order valence-corrected chi connectivity index (χ1v) is 11.2. The molecule has 1 atom stereocenters. The predicted molar refractivity (Wildman–Crippen MR) is 129 cm³/mol. The first kappa shape index (κ1) is 21.5. The summed E-state index contributed by atoms with van der Waals surface area (Å²) in [5, 5.41) is 24.0. The first-order valence-electron chi connectivity index (χ1n) is 10.5. The number of phenols is 1. The molecule has 2 aromatic heterocycles. The van der Waals surface area contributed by atoms with Gasteiger partial charge in [0.25, 0.3) is 0 Å². The Morgan fingerprint density at radius 2 is 1.94 bits per heavy atom. The molecule has 1 aliphatic heterocycles. The number of carbonyl (C=O) groups is 1. The minimum absolute atomic E-state index is 0.103. The second-order valence-corrected chi connectivity index (χ2v) is 8.28. The highest BCUT2D eigenvalue weighted by Gasteiger charge is 2.35. The van der Waals surface area contributed by atoms with Crippen molar-refractivity contribution in [3.05, 3.63) is 84.2 Å². The summed E-state index contributed by atoms with van der Waals surface area (Å²) in [5.41, 5.74) is 3.47. The molecule has 2 aromatic carbocycles. The highest BCUT2D eigenvalue weighted by atomic mass is 32.1. The smallest absolute Gasteiger partial charge is 0.343 e. The molecular weight excluding hydrogens is 452 g/mol. The van der Waals surface area contributed by atoms with Crippen molar-refractivity contribution in [1.82, 2.24) is 19.6 Å². The number of benzene rings is 2. The third-order valence-corrected chi connectivity index (χ3v) is 6.12. The number of hydrogen-bond donors (Lipinski definition) is 2. The number of phenolic OH excluding ortho intramolecular Hbond substituents is 1. The lowest BCUT2D eigenvalue weighted by Crippen LogP contribution is -2.31. The van der Waals surface area contributed by atoms with E-state index in [0.29, 0.717) is 28.4 Å². The quantitative estimate of drug-likeness (QED) is 0.435. The van der Waals surface area contributed by atoms with E-state index in [2.05, 4.69) is 25.0 Å². The summed E-state index contributed by atoms with van der Waals surface area (Å²) in [6, 6.07) is 17.1. The largest absolute Gasteiger partial charge is 0.508 e. The zero-order valence-corrected chi connectivity index (χ0v) is 18.9. The number of pyridine rings is 1. The van der Waals surface area contributed by atoms with Gasteiger partial charge in [0.05, 0.1) is 18.9 Å². The minimum Gasteiger partial charge on any atom is -0.508 e. The topological polar surface area (TPSA) is 113 Å². The van der Waals surface area contributed by atoms with E-state index in [9.17, 15) is 9.90 Å². The lowest BCUT2D eigenvalue weighted by atomic mass is 9.98. The summed E-state index contributed by atoms with van der Waals surface area (Å²) in [4.78, 5) is 17.6. The number of para-hydroxylation sites is 1. The summed E-state index contributed by atoms with van der Waals surface area (Å²) < 4.78 is 9.23. The van der Waals surface area contributed by atoms with Gasteiger partial charge in [0.2, 0.25) is 0 Å². The van der Waals surface area contributed by atoms with Crippen LogP contribution in [-0.2, 0) is 0 Å². The van der Waals surface area contributed by atoms with Gasteiger partial charge >= 0.3 is 6.03 Å². The molecule has 34 heavy (non-hydrogen) atoms. The van der Waals surface area contributed by atoms with Gasteiger partial charge in [-0.15, -0.1) is 5.10 Å². The highest BCUT2D eigenvalue weighted by molar-refractivity contribution is 7.10. The molecule has 1 aliphatic rings. The Morgan fingerprint density at radius 3 is 2.68 bits per heavy atom. The van der Waals surface area contributed by atoms with Gasteiger partial charge in [-0.1, -0.05) is 28.8 Å². The molecule has 0 aliphatic carbocycles. The lowest BCUT2D eigenvalue weighted by molar-refractivity contribution is 0.199. The van der Waals surface area contributed by atoms with E-state index in [4.69, 9.17) is 4.74 Å². The van der Waals surface area contributed by atoms with Gasteiger partial charge in [-0.3, -0.25) is 10.3 Å². The van der Waals surface area contributed by atoms with Gasteiger partial charge in [0.15, 0.2) is 0 Å². The minimum atomic E-state index is -0.485. The van der Waals surface area contributed by atoms with Crippen molar-refractivity contribution < 1.29 is 14.6 Å². The van der Waals surface area contributed by atoms with Crippen LogP contribution in [0.3, 0.4) is 0 Å². The predicted octanol–water partition coefficient (Wildman–Crippen LogP) is 4.70. The molecule has 0 fully saturated rings. The molecule has 0 saturated carbocycles. The van der Waals surface area contributed by atoms with Crippen LogP contribution >= 0.6 is 11.5 Å². The van der Waals surface area contributed by atoms with E-state index >= 15 is 0 Å². The number of carbonyl (C=O) groups excluding carboxylic acids is 1. The van der Waals surface area contributed by atoms with Crippen molar-refractivity contribution in [1.29, 1.82) is 0 Å². The maximum Gasteiger partial charge on any atom is 0.343 e. The maximum absolute atomic E-state index is 13.4. The molecule has 10 heteroatoms. The molecule has 170 valence electrons. The Labute approximate surface area is 199 Å². The Bertz CT molecular complexity index is 1340. The van der Waals surface area contributed by atoms with Crippen LogP contribution in [0.25, 0.3) is 11.3 Å². The summed E-state index contributed by atoms with van der Waals surface area (Å²) >= 11 is 1.08. The Balaban J connectivity index is 1.45. The monoisotopic (exact) mass is 472 g/mol. The van der Waals surface area contributed by atoms with Crippen LogP contribution in [0.4, 0.5) is 9.80 Å². The molecule has 2 amide bonds. The third-order valence-electron chi connectivity index (χ3n) is 5.48. The summed E-state index contributed by atoms with van der Waals surface area (Å²) in [6.07, 6.45) is 3.82. The van der Waals surface area contributed by atoms with Crippen LogP contribution in [0.2, 0.25) is 0 Å². The number of rotatable bonds is 5. The zero-order valence-electron chi connectivity index (χ0n) is 18.1. The molecule has 0 spiro atoms. The Kier molecular flexibility index (Phi) is 5.88. The number of hydrazone groups is 1. The number of aromatic nitrogens is 3. The fourth-order valence-corrected chi connectivity index (χ4v) is 4.36. The number of nitrogens with zero attached hydrogens (tertiary/aromatic N) is 5. The van der Waals surface area contributed by atoms with Crippen molar-refractivity contribution >= 4 is 28.3 Å².